The van der Waals surface area contributed by atoms with Crippen LogP contribution in [-0.4, -0.2) is 4.98 Å². The number of oxazole rings is 1. The number of aromatic amines is 1. The number of alkyl halides is 1. The molecule has 3 aromatic rings. The third-order valence-electron chi connectivity index (χ3n) is 2.58. The van der Waals surface area contributed by atoms with Gasteiger partial charge in [-0.25, -0.2) is 4.79 Å². The molecule has 92 valence electrons. The van der Waals surface area contributed by atoms with E-state index in [0.29, 0.717) is 16.9 Å². The third-order valence-corrected chi connectivity index (χ3v) is 3.25. The minimum Gasteiger partial charge on any atom is -0.448 e. The van der Waals surface area contributed by atoms with Gasteiger partial charge in [0.2, 0.25) is 0 Å². The molecule has 0 aliphatic rings. The van der Waals surface area contributed by atoms with Gasteiger partial charge in [-0.05, 0) is 41.4 Å². The molecule has 0 bridgehead atoms. The van der Waals surface area contributed by atoms with E-state index in [1.54, 1.807) is 30.3 Å². The predicted molar refractivity (Wildman–Crippen MR) is 68.2 cm³/mol. The van der Waals surface area contributed by atoms with Crippen molar-refractivity contribution in [2.45, 2.75) is 5.38 Å². The smallest absolute Gasteiger partial charge is 0.417 e. The van der Waals surface area contributed by atoms with Gasteiger partial charge in [-0.2, -0.15) is 0 Å². The lowest BCUT2D eigenvalue weighted by molar-refractivity contribution is 0.518. The molecule has 0 fully saturated rings. The Morgan fingerprint density at radius 2 is 2.00 bits per heavy atom. The van der Waals surface area contributed by atoms with Crippen molar-refractivity contribution in [3.05, 3.63) is 57.4 Å². The Morgan fingerprint density at radius 3 is 2.72 bits per heavy atom. The first-order chi connectivity index (χ1) is 8.63. The molecule has 0 spiro atoms. The lowest BCUT2D eigenvalue weighted by Crippen LogP contribution is -1.92. The van der Waals surface area contributed by atoms with Crippen LogP contribution in [0, 0.1) is 0 Å². The summed E-state index contributed by atoms with van der Waals surface area (Å²) in [6.07, 6.45) is 0. The van der Waals surface area contributed by atoms with Gasteiger partial charge in [0, 0.05) is 0 Å². The molecular weight excluding hydrogens is 277 g/mol. The SMILES string of the molecule is O=c1[nH]c2ccc(C(Cl)c3ccc(Cl)o3)cc2o1. The summed E-state index contributed by atoms with van der Waals surface area (Å²) in [5, 5.41) is -0.202. The van der Waals surface area contributed by atoms with E-state index in [0.717, 1.165) is 5.56 Å². The molecule has 1 atom stereocenters. The Bertz CT molecular complexity index is 756. The molecule has 3 rings (SSSR count). The quantitative estimate of drug-likeness (QED) is 0.730. The number of H-pyrrole nitrogens is 1. The zero-order valence-electron chi connectivity index (χ0n) is 8.94. The number of nitrogens with one attached hydrogen (secondary N) is 1. The van der Waals surface area contributed by atoms with Gasteiger partial charge in [-0.3, -0.25) is 4.98 Å². The van der Waals surface area contributed by atoms with Crippen LogP contribution in [0.4, 0.5) is 0 Å². The fourth-order valence-electron chi connectivity index (χ4n) is 1.75. The van der Waals surface area contributed by atoms with Crippen molar-refractivity contribution in [3.8, 4) is 0 Å². The summed E-state index contributed by atoms with van der Waals surface area (Å²) < 4.78 is 10.2. The second-order valence-electron chi connectivity index (χ2n) is 3.77. The van der Waals surface area contributed by atoms with Gasteiger partial charge in [0.15, 0.2) is 10.8 Å². The standard InChI is InChI=1S/C12H7Cl2NO3/c13-10-4-3-8(17-10)11(14)6-1-2-7-9(5-6)18-12(16)15-7/h1-5,11H,(H,15,16). The van der Waals surface area contributed by atoms with Crippen LogP contribution in [-0.2, 0) is 0 Å². The summed E-state index contributed by atoms with van der Waals surface area (Å²) in [5.41, 5.74) is 1.85. The third kappa shape index (κ3) is 1.94. The van der Waals surface area contributed by atoms with Crippen LogP contribution in [0.15, 0.2) is 44.0 Å². The molecule has 0 amide bonds. The molecular formula is C12H7Cl2NO3. The Labute approximate surface area is 111 Å². The van der Waals surface area contributed by atoms with Gasteiger partial charge in [0.25, 0.3) is 0 Å². The predicted octanol–water partition coefficient (Wildman–Crippen LogP) is 3.70. The molecule has 0 saturated heterocycles. The molecule has 1 aromatic carbocycles. The van der Waals surface area contributed by atoms with Gasteiger partial charge in [-0.15, -0.1) is 11.6 Å². The maximum atomic E-state index is 11.1. The van der Waals surface area contributed by atoms with Gasteiger partial charge >= 0.3 is 5.76 Å². The largest absolute Gasteiger partial charge is 0.448 e. The second kappa shape index (κ2) is 4.23. The Hall–Kier alpha value is -1.65. The zero-order valence-corrected chi connectivity index (χ0v) is 10.5. The lowest BCUT2D eigenvalue weighted by atomic mass is 10.1. The lowest BCUT2D eigenvalue weighted by Gasteiger charge is -2.06. The van der Waals surface area contributed by atoms with Crippen molar-refractivity contribution in [2.75, 3.05) is 0 Å². The monoisotopic (exact) mass is 283 g/mol. The Kier molecular flexibility index (Phi) is 2.69. The van der Waals surface area contributed by atoms with E-state index in [-0.39, 0.29) is 5.22 Å². The molecule has 2 aromatic heterocycles. The minimum atomic E-state index is -0.491. The molecule has 2 heterocycles. The van der Waals surface area contributed by atoms with E-state index in [2.05, 4.69) is 4.98 Å². The van der Waals surface area contributed by atoms with Crippen molar-refractivity contribution < 1.29 is 8.83 Å². The number of hydrogen-bond acceptors (Lipinski definition) is 3. The molecule has 6 heteroatoms. The van der Waals surface area contributed by atoms with Crippen LogP contribution in [0.5, 0.6) is 0 Å². The maximum absolute atomic E-state index is 11.1. The van der Waals surface area contributed by atoms with Gasteiger partial charge < -0.3 is 8.83 Å². The van der Waals surface area contributed by atoms with Gasteiger partial charge in [0.1, 0.15) is 11.1 Å². The summed E-state index contributed by atoms with van der Waals surface area (Å²) in [6.45, 7) is 0. The summed E-state index contributed by atoms with van der Waals surface area (Å²) in [6, 6.07) is 8.55. The summed E-state index contributed by atoms with van der Waals surface area (Å²) in [4.78, 5) is 13.6. The number of halogens is 2. The van der Waals surface area contributed by atoms with E-state index in [9.17, 15) is 4.79 Å². The summed E-state index contributed by atoms with van der Waals surface area (Å²) in [5.74, 6) is 0.0493. The highest BCUT2D eigenvalue weighted by atomic mass is 35.5. The minimum absolute atomic E-state index is 0.282. The van der Waals surface area contributed by atoms with Crippen LogP contribution in [0.3, 0.4) is 0 Å². The van der Waals surface area contributed by atoms with Crippen LogP contribution >= 0.6 is 23.2 Å². The van der Waals surface area contributed by atoms with E-state index in [1.807, 2.05) is 0 Å². The topological polar surface area (TPSA) is 59.1 Å². The van der Waals surface area contributed by atoms with Crippen molar-refractivity contribution >= 4 is 34.3 Å². The van der Waals surface area contributed by atoms with Crippen molar-refractivity contribution in [1.29, 1.82) is 0 Å². The average Bonchev–Trinajstić information content (AvgIpc) is 2.92. The second-order valence-corrected chi connectivity index (χ2v) is 4.58. The van der Waals surface area contributed by atoms with Crippen molar-refractivity contribution in [1.82, 2.24) is 4.98 Å². The molecule has 0 aliphatic carbocycles. The van der Waals surface area contributed by atoms with Crippen molar-refractivity contribution in [2.24, 2.45) is 0 Å². The normalized spacial score (nSPS) is 13.0. The Morgan fingerprint density at radius 1 is 1.17 bits per heavy atom. The molecule has 1 unspecified atom stereocenters. The highest BCUT2D eigenvalue weighted by molar-refractivity contribution is 6.29. The zero-order chi connectivity index (χ0) is 12.7. The number of hydrogen-bond donors (Lipinski definition) is 1. The number of aromatic nitrogens is 1. The fraction of sp³-hybridized carbons (Fsp3) is 0.0833. The van der Waals surface area contributed by atoms with E-state index in [1.165, 1.54) is 0 Å². The number of furan rings is 1. The molecule has 4 nitrogen and oxygen atoms in total. The highest BCUT2D eigenvalue weighted by Gasteiger charge is 2.16. The maximum Gasteiger partial charge on any atom is 0.417 e. The molecule has 0 saturated carbocycles. The van der Waals surface area contributed by atoms with Crippen LogP contribution < -0.4 is 5.76 Å². The van der Waals surface area contributed by atoms with Crippen molar-refractivity contribution in [3.63, 3.8) is 0 Å². The summed E-state index contributed by atoms with van der Waals surface area (Å²) in [7, 11) is 0. The van der Waals surface area contributed by atoms with E-state index in [4.69, 9.17) is 32.0 Å². The molecule has 18 heavy (non-hydrogen) atoms. The first-order valence-corrected chi connectivity index (χ1v) is 5.97. The number of fused-ring (bicyclic) bond motifs is 1. The number of benzene rings is 1. The molecule has 1 N–H and O–H groups in total. The molecule has 0 radical (unpaired) electrons. The number of rotatable bonds is 2. The van der Waals surface area contributed by atoms with Gasteiger partial charge in [0.05, 0.1) is 5.52 Å². The van der Waals surface area contributed by atoms with E-state index < -0.39 is 11.1 Å². The van der Waals surface area contributed by atoms with Crippen LogP contribution in [0.25, 0.3) is 11.1 Å². The first-order valence-electron chi connectivity index (χ1n) is 5.15. The average molecular weight is 284 g/mol. The Balaban J connectivity index is 2.05. The molecule has 0 aliphatic heterocycles. The fourth-order valence-corrected chi connectivity index (χ4v) is 2.15. The van der Waals surface area contributed by atoms with Crippen LogP contribution in [0.1, 0.15) is 16.7 Å². The van der Waals surface area contributed by atoms with E-state index >= 15 is 0 Å². The highest BCUT2D eigenvalue weighted by Crippen LogP contribution is 2.32. The van der Waals surface area contributed by atoms with Crippen LogP contribution in [0.2, 0.25) is 5.22 Å². The van der Waals surface area contributed by atoms with Gasteiger partial charge in [-0.1, -0.05) is 6.07 Å². The first kappa shape index (κ1) is 11.4. The summed E-state index contributed by atoms with van der Waals surface area (Å²) >= 11 is 12.0.